The molecule has 228 valence electrons. The molecular formula is C31H38BrN7O3S. The quantitative estimate of drug-likeness (QED) is 0.256. The first-order valence-electron chi connectivity index (χ1n) is 14.4. The third-order valence-corrected chi connectivity index (χ3v) is 9.13. The van der Waals surface area contributed by atoms with E-state index in [0.717, 1.165) is 48.2 Å². The third kappa shape index (κ3) is 7.23. The van der Waals surface area contributed by atoms with E-state index in [1.54, 1.807) is 0 Å². The predicted molar refractivity (Wildman–Crippen MR) is 164 cm³/mol. The molecule has 0 bridgehead atoms. The number of hydrogen-bond donors (Lipinski definition) is 2. The number of fused-ring (bicyclic) bond motifs is 2. The van der Waals surface area contributed by atoms with E-state index in [-0.39, 0.29) is 28.9 Å². The highest BCUT2D eigenvalue weighted by atomic mass is 79.9. The smallest absolute Gasteiger partial charge is 0.234 e. The van der Waals surface area contributed by atoms with Crippen LogP contribution in [0.25, 0.3) is 0 Å². The molecule has 0 fully saturated rings. The van der Waals surface area contributed by atoms with E-state index in [4.69, 9.17) is 0 Å². The van der Waals surface area contributed by atoms with Gasteiger partial charge < -0.3 is 31.7 Å². The number of sulfonamides is 1. The fourth-order valence-electron chi connectivity index (χ4n) is 5.93. The maximum Gasteiger partial charge on any atom is 0.234 e. The zero-order valence-corrected chi connectivity index (χ0v) is 27.4. The molecule has 1 amide bonds. The van der Waals surface area contributed by atoms with Gasteiger partial charge in [0.25, 0.3) is 0 Å². The minimum Gasteiger partial charge on any atom is -1.00 e. The number of hydrogen-bond acceptors (Lipinski definition) is 8. The van der Waals surface area contributed by atoms with Crippen LogP contribution in [0.2, 0.25) is 0 Å². The molecule has 2 aliphatic heterocycles. The lowest BCUT2D eigenvalue weighted by Crippen LogP contribution is -3.11. The summed E-state index contributed by atoms with van der Waals surface area (Å²) in [5.41, 5.74) is 8.94. The van der Waals surface area contributed by atoms with Crippen molar-refractivity contribution < 1.29 is 35.1 Å². The van der Waals surface area contributed by atoms with E-state index < -0.39 is 15.9 Å². The summed E-state index contributed by atoms with van der Waals surface area (Å²) in [6.07, 6.45) is 3.81. The average molecular weight is 669 g/mol. The van der Waals surface area contributed by atoms with E-state index in [1.807, 2.05) is 41.1 Å². The van der Waals surface area contributed by atoms with Crippen LogP contribution in [-0.2, 0) is 14.8 Å². The van der Waals surface area contributed by atoms with Crippen molar-refractivity contribution in [3.8, 4) is 12.1 Å². The van der Waals surface area contributed by atoms with Crippen molar-refractivity contribution >= 4 is 38.7 Å². The Balaban J connectivity index is 0.00000506. The summed E-state index contributed by atoms with van der Waals surface area (Å²) in [6, 6.07) is 16.0. The second-order valence-electron chi connectivity index (χ2n) is 10.3. The monoisotopic (exact) mass is 667 g/mol. The lowest BCUT2D eigenvalue weighted by Gasteiger charge is -2.27. The molecule has 0 aromatic heterocycles. The van der Waals surface area contributed by atoms with Gasteiger partial charge in [-0.1, -0.05) is 5.73 Å². The van der Waals surface area contributed by atoms with Crippen LogP contribution in [0.1, 0.15) is 58.1 Å². The molecule has 2 unspecified atom stereocenters. The largest absolute Gasteiger partial charge is 1.00 e. The van der Waals surface area contributed by atoms with Gasteiger partial charge in [-0.05, 0) is 70.0 Å². The molecule has 12 heteroatoms. The molecule has 0 saturated heterocycles. The van der Waals surface area contributed by atoms with Gasteiger partial charge in [-0.15, -0.1) is 0 Å². The molecule has 2 aromatic carbocycles. The molecule has 10 nitrogen and oxygen atoms in total. The molecule has 2 atom stereocenters. The Bertz CT molecular complexity index is 1610. The van der Waals surface area contributed by atoms with Crippen molar-refractivity contribution in [3.63, 3.8) is 0 Å². The third-order valence-electron chi connectivity index (χ3n) is 7.71. The van der Waals surface area contributed by atoms with Crippen LogP contribution < -0.4 is 41.3 Å². The first-order chi connectivity index (χ1) is 20.2. The van der Waals surface area contributed by atoms with Crippen LogP contribution >= 0.6 is 0 Å². The molecule has 0 saturated carbocycles. The number of halogens is 1. The Labute approximate surface area is 265 Å². The number of amides is 1. The van der Waals surface area contributed by atoms with Gasteiger partial charge in [0.2, 0.25) is 15.9 Å². The highest BCUT2D eigenvalue weighted by molar-refractivity contribution is 7.90. The van der Waals surface area contributed by atoms with Crippen molar-refractivity contribution in [2.45, 2.75) is 53.1 Å². The Hall–Kier alpha value is -3.80. The summed E-state index contributed by atoms with van der Waals surface area (Å²) < 4.78 is 26.3. The normalized spacial score (nSPS) is 16.9. The highest BCUT2D eigenvalue weighted by Crippen LogP contribution is 2.41. The van der Waals surface area contributed by atoms with E-state index in [1.165, 1.54) is 11.8 Å². The van der Waals surface area contributed by atoms with E-state index in [2.05, 4.69) is 59.4 Å². The Morgan fingerprint density at radius 2 is 1.60 bits per heavy atom. The summed E-state index contributed by atoms with van der Waals surface area (Å²) in [5, 5.41) is 19.0. The molecule has 2 heterocycles. The Morgan fingerprint density at radius 3 is 2.21 bits per heavy atom. The standard InChI is InChI=1S/C31H37N7O3S.BrH/c1-5-35-26-15-13-24(21-32)19-28(26)37(7-3)30(35)11-10-12-31-36(6-2)27-16-14-25(22-33)20-29(27)38(31)17-8-9-18-42(40,41)34-23(4)39;/h10,13-16,19-20,31H,5-9,12,17-18H2,1-4H3,(H,34,39);1H. The number of rotatable bonds is 11. The molecular weight excluding hydrogens is 630 g/mol. The zero-order valence-electron chi connectivity index (χ0n) is 25.0. The first-order valence-corrected chi connectivity index (χ1v) is 16.0. The average Bonchev–Trinajstić information content (AvgIpc) is 3.44. The second-order valence-corrected chi connectivity index (χ2v) is 12.2. The number of nitrogens with zero attached hydrogens (tertiary/aromatic N) is 5. The van der Waals surface area contributed by atoms with Crippen LogP contribution in [0.5, 0.6) is 0 Å². The summed E-state index contributed by atoms with van der Waals surface area (Å²) in [6.45, 7) is 10.5. The van der Waals surface area contributed by atoms with Crippen molar-refractivity contribution in [1.82, 2.24) is 4.72 Å². The van der Waals surface area contributed by atoms with Crippen LogP contribution in [0.4, 0.5) is 22.7 Å². The van der Waals surface area contributed by atoms with Gasteiger partial charge in [0.1, 0.15) is 5.69 Å². The Morgan fingerprint density at radius 1 is 0.977 bits per heavy atom. The fourth-order valence-corrected chi connectivity index (χ4v) is 7.06. The van der Waals surface area contributed by atoms with Crippen molar-refractivity contribution in [1.29, 1.82) is 10.5 Å². The lowest BCUT2D eigenvalue weighted by molar-refractivity contribution is -0.851. The number of nitrogens with one attached hydrogen (secondary N) is 2. The maximum absolute atomic E-state index is 12.1. The van der Waals surface area contributed by atoms with Gasteiger partial charge in [-0.25, -0.2) is 8.42 Å². The van der Waals surface area contributed by atoms with Gasteiger partial charge >= 0.3 is 0 Å². The minimum atomic E-state index is -3.66. The van der Waals surface area contributed by atoms with Crippen molar-refractivity contribution in [3.05, 3.63) is 65.2 Å². The number of nitriles is 2. The SMILES string of the molecule is CCN1C(=C=CCC2N(CCCCS(=O)(=O)NC(C)=O)c3cc(C#N)ccc3[NH+]2CC)N(CC)c2cc(C#N)ccc21.[Br-]. The second kappa shape index (κ2) is 14.6. The molecule has 0 spiro atoms. The number of quaternary nitrogens is 1. The van der Waals surface area contributed by atoms with Gasteiger partial charge in [-0.3, -0.25) is 14.4 Å². The molecule has 43 heavy (non-hydrogen) atoms. The van der Waals surface area contributed by atoms with Crippen molar-refractivity contribution in [2.24, 2.45) is 0 Å². The predicted octanol–water partition coefficient (Wildman–Crippen LogP) is 0.115. The highest BCUT2D eigenvalue weighted by Gasteiger charge is 2.39. The fraction of sp³-hybridized carbons (Fsp3) is 0.419. The van der Waals surface area contributed by atoms with Crippen LogP contribution in [-0.4, -0.2) is 52.4 Å². The van der Waals surface area contributed by atoms with E-state index >= 15 is 0 Å². The van der Waals surface area contributed by atoms with Crippen LogP contribution in [0, 0.1) is 22.7 Å². The van der Waals surface area contributed by atoms with Gasteiger partial charge in [0.15, 0.2) is 17.7 Å². The first kappa shape index (κ1) is 33.7. The number of anilines is 3. The molecule has 0 aliphatic carbocycles. The summed E-state index contributed by atoms with van der Waals surface area (Å²) in [4.78, 5) is 19.2. The summed E-state index contributed by atoms with van der Waals surface area (Å²) >= 11 is 0. The topological polar surface area (TPSA) is 125 Å². The number of unbranched alkanes of at least 4 members (excludes halogenated alkanes) is 1. The number of benzene rings is 2. The maximum atomic E-state index is 12.1. The lowest BCUT2D eigenvalue weighted by atomic mass is 10.1. The Kier molecular flexibility index (Phi) is 11.4. The van der Waals surface area contributed by atoms with Gasteiger partial charge in [-0.2, -0.15) is 10.5 Å². The van der Waals surface area contributed by atoms with Crippen molar-refractivity contribution in [2.75, 3.05) is 46.6 Å². The zero-order chi connectivity index (χ0) is 30.4. The molecule has 0 radical (unpaired) electrons. The summed E-state index contributed by atoms with van der Waals surface area (Å²) in [5.74, 6) is 0.232. The van der Waals surface area contributed by atoms with E-state index in [9.17, 15) is 23.7 Å². The minimum absolute atomic E-state index is 0. The van der Waals surface area contributed by atoms with Crippen LogP contribution in [0.15, 0.2) is 54.0 Å². The van der Waals surface area contributed by atoms with Crippen LogP contribution in [0.3, 0.4) is 0 Å². The molecule has 4 rings (SSSR count). The van der Waals surface area contributed by atoms with Gasteiger partial charge in [0, 0.05) is 39.0 Å². The number of carbonyl (C=O) groups excluding carboxylic acids is 1. The molecule has 2 aliphatic rings. The molecule has 2 N–H and O–H groups in total. The molecule has 2 aromatic rings. The summed E-state index contributed by atoms with van der Waals surface area (Å²) in [7, 11) is -3.66. The van der Waals surface area contributed by atoms with Gasteiger partial charge in [0.05, 0.1) is 46.9 Å². The van der Waals surface area contributed by atoms with E-state index in [0.29, 0.717) is 36.9 Å². The number of carbonyl (C=O) groups is 1.